The number of amides is 1. The van der Waals surface area contributed by atoms with Crippen LogP contribution in [0.5, 0.6) is 17.2 Å². The summed E-state index contributed by atoms with van der Waals surface area (Å²) in [5.74, 6) is 0.225. The smallest absolute Gasteiger partial charge is 0.295 e. The van der Waals surface area contributed by atoms with Gasteiger partial charge in [-0.15, -0.1) is 0 Å². The molecule has 194 valence electrons. The fourth-order valence-electron chi connectivity index (χ4n) is 4.31. The number of ketones is 1. The monoisotopic (exact) mass is 497 g/mol. The van der Waals surface area contributed by atoms with Crippen molar-refractivity contribution >= 4 is 17.4 Å². The molecule has 1 aliphatic heterocycles. The minimum absolute atomic E-state index is 0.000723. The number of carbonyl (C=O) groups is 2. The Kier molecular flexibility index (Phi) is 8.98. The molecule has 1 unspecified atom stereocenters. The second-order valence-corrected chi connectivity index (χ2v) is 9.11. The van der Waals surface area contributed by atoms with E-state index in [2.05, 4.69) is 13.8 Å². The maximum Gasteiger partial charge on any atom is 0.295 e. The van der Waals surface area contributed by atoms with Gasteiger partial charge in [0.2, 0.25) is 0 Å². The van der Waals surface area contributed by atoms with Crippen LogP contribution in [-0.2, 0) is 14.3 Å². The maximum atomic E-state index is 13.3. The van der Waals surface area contributed by atoms with Crippen LogP contribution in [0.4, 0.5) is 0 Å². The Hall–Kier alpha value is -3.52. The van der Waals surface area contributed by atoms with Gasteiger partial charge in [-0.1, -0.05) is 26.0 Å². The Morgan fingerprint density at radius 1 is 1.06 bits per heavy atom. The summed E-state index contributed by atoms with van der Waals surface area (Å²) in [5, 5.41) is 11.4. The highest BCUT2D eigenvalue weighted by Crippen LogP contribution is 2.45. The molecule has 0 bridgehead atoms. The third kappa shape index (κ3) is 5.49. The normalized spacial score (nSPS) is 17.1. The quantitative estimate of drug-likeness (QED) is 0.211. The SMILES string of the molecule is COCCCN1C(=O)C(=O)/C(=C(/O)c2ccc(OCC(C)C)c(C)c2)C1c1cccc(OC)c1OC. The van der Waals surface area contributed by atoms with Crippen LogP contribution in [0.15, 0.2) is 42.0 Å². The van der Waals surface area contributed by atoms with Crippen molar-refractivity contribution in [3.63, 3.8) is 0 Å². The maximum absolute atomic E-state index is 13.3. The summed E-state index contributed by atoms with van der Waals surface area (Å²) in [4.78, 5) is 27.9. The van der Waals surface area contributed by atoms with Crippen LogP contribution >= 0.6 is 0 Å². The molecule has 0 aromatic heterocycles. The molecule has 3 rings (SSSR count). The van der Waals surface area contributed by atoms with E-state index in [4.69, 9.17) is 18.9 Å². The number of Topliss-reactive ketones (excluding diaryl/α,β-unsaturated/α-hetero) is 1. The fraction of sp³-hybridized carbons (Fsp3) is 0.429. The average Bonchev–Trinajstić information content (AvgIpc) is 3.11. The zero-order chi connectivity index (χ0) is 26.4. The van der Waals surface area contributed by atoms with Crippen LogP contribution in [0.1, 0.15) is 43.0 Å². The molecular weight excluding hydrogens is 462 g/mol. The molecule has 1 amide bonds. The number of aliphatic hydroxyl groups excluding tert-OH is 1. The van der Waals surface area contributed by atoms with Gasteiger partial charge < -0.3 is 29.0 Å². The minimum atomic E-state index is -0.857. The number of rotatable bonds is 11. The number of hydrogen-bond acceptors (Lipinski definition) is 7. The molecule has 1 fully saturated rings. The van der Waals surface area contributed by atoms with Crippen molar-refractivity contribution in [2.75, 3.05) is 41.1 Å². The van der Waals surface area contributed by atoms with Crippen LogP contribution in [0.3, 0.4) is 0 Å². The van der Waals surface area contributed by atoms with E-state index in [1.54, 1.807) is 43.5 Å². The van der Waals surface area contributed by atoms with Crippen LogP contribution in [-0.4, -0.2) is 62.8 Å². The van der Waals surface area contributed by atoms with Gasteiger partial charge in [0.15, 0.2) is 11.5 Å². The zero-order valence-corrected chi connectivity index (χ0v) is 21.8. The summed E-state index contributed by atoms with van der Waals surface area (Å²) in [7, 11) is 4.59. The summed E-state index contributed by atoms with van der Waals surface area (Å²) >= 11 is 0. The molecule has 1 N–H and O–H groups in total. The molecule has 1 heterocycles. The first kappa shape index (κ1) is 27.1. The van der Waals surface area contributed by atoms with E-state index in [1.165, 1.54) is 19.1 Å². The lowest BCUT2D eigenvalue weighted by atomic mass is 9.94. The third-order valence-corrected chi connectivity index (χ3v) is 6.04. The predicted molar refractivity (Wildman–Crippen MR) is 137 cm³/mol. The van der Waals surface area contributed by atoms with E-state index >= 15 is 0 Å². The molecule has 0 radical (unpaired) electrons. The number of hydrogen-bond donors (Lipinski definition) is 1. The molecule has 8 nitrogen and oxygen atoms in total. The lowest BCUT2D eigenvalue weighted by molar-refractivity contribution is -0.140. The molecule has 1 aliphatic rings. The molecule has 2 aromatic carbocycles. The minimum Gasteiger partial charge on any atom is -0.507 e. The number of ether oxygens (including phenoxy) is 4. The van der Waals surface area contributed by atoms with Gasteiger partial charge in [-0.25, -0.2) is 0 Å². The standard InChI is InChI=1S/C28H35NO7/c1-17(2)16-36-21-12-11-19(15-18(21)3)25(30)23-24(20-9-7-10-22(34-5)27(20)35-6)29(13-8-14-33-4)28(32)26(23)31/h7,9-12,15,17,24,30H,8,13-14,16H2,1-6H3/b25-23+. The van der Waals surface area contributed by atoms with Crippen LogP contribution in [0, 0.1) is 12.8 Å². The molecule has 36 heavy (non-hydrogen) atoms. The molecule has 1 atom stereocenters. The van der Waals surface area contributed by atoms with E-state index in [9.17, 15) is 14.7 Å². The summed E-state index contributed by atoms with van der Waals surface area (Å²) in [6.07, 6.45) is 0.521. The number of nitrogens with zero attached hydrogens (tertiary/aromatic N) is 1. The predicted octanol–water partition coefficient (Wildman–Crippen LogP) is 4.51. The number of para-hydroxylation sites is 1. The molecular formula is C28H35NO7. The first-order valence-corrected chi connectivity index (χ1v) is 12.0. The van der Waals surface area contributed by atoms with Crippen molar-refractivity contribution < 1.29 is 33.6 Å². The van der Waals surface area contributed by atoms with Gasteiger partial charge in [0.1, 0.15) is 11.5 Å². The number of likely N-dealkylation sites (tertiary alicyclic amines) is 1. The average molecular weight is 498 g/mol. The molecule has 0 saturated carbocycles. The lowest BCUT2D eigenvalue weighted by Gasteiger charge is -2.27. The highest BCUT2D eigenvalue weighted by molar-refractivity contribution is 6.46. The largest absolute Gasteiger partial charge is 0.507 e. The summed E-state index contributed by atoms with van der Waals surface area (Å²) in [6.45, 7) is 7.25. The fourth-order valence-corrected chi connectivity index (χ4v) is 4.31. The summed E-state index contributed by atoms with van der Waals surface area (Å²) < 4.78 is 22.1. The molecule has 1 saturated heterocycles. The third-order valence-electron chi connectivity index (χ3n) is 6.04. The number of benzene rings is 2. The Balaban J connectivity index is 2.15. The van der Waals surface area contributed by atoms with Gasteiger partial charge >= 0.3 is 0 Å². The van der Waals surface area contributed by atoms with Gasteiger partial charge in [0.25, 0.3) is 11.7 Å². The van der Waals surface area contributed by atoms with Crippen LogP contribution in [0.25, 0.3) is 5.76 Å². The van der Waals surface area contributed by atoms with Crippen molar-refractivity contribution in [3.05, 3.63) is 58.7 Å². The number of methoxy groups -OCH3 is 3. The molecule has 8 heteroatoms. The van der Waals surface area contributed by atoms with Crippen molar-refractivity contribution in [2.45, 2.75) is 33.2 Å². The van der Waals surface area contributed by atoms with Crippen molar-refractivity contribution in [3.8, 4) is 17.2 Å². The zero-order valence-electron chi connectivity index (χ0n) is 21.8. The van der Waals surface area contributed by atoms with Crippen LogP contribution in [0.2, 0.25) is 0 Å². The van der Waals surface area contributed by atoms with Crippen molar-refractivity contribution in [1.82, 2.24) is 4.90 Å². The lowest BCUT2D eigenvalue weighted by Crippen LogP contribution is -2.31. The van der Waals surface area contributed by atoms with Gasteiger partial charge in [-0.3, -0.25) is 9.59 Å². The highest BCUT2D eigenvalue weighted by atomic mass is 16.5. The van der Waals surface area contributed by atoms with Crippen LogP contribution < -0.4 is 14.2 Å². The van der Waals surface area contributed by atoms with E-state index in [0.29, 0.717) is 53.9 Å². The highest BCUT2D eigenvalue weighted by Gasteiger charge is 2.47. The Morgan fingerprint density at radius 3 is 2.42 bits per heavy atom. The molecule has 2 aromatic rings. The number of aliphatic hydroxyl groups is 1. The molecule has 0 spiro atoms. The molecule has 0 aliphatic carbocycles. The summed E-state index contributed by atoms with van der Waals surface area (Å²) in [6, 6.07) is 9.62. The van der Waals surface area contributed by atoms with E-state index in [1.807, 2.05) is 6.92 Å². The Bertz CT molecular complexity index is 1140. The van der Waals surface area contributed by atoms with E-state index in [0.717, 1.165) is 5.56 Å². The second kappa shape index (κ2) is 11.9. The Morgan fingerprint density at radius 2 is 1.81 bits per heavy atom. The van der Waals surface area contributed by atoms with E-state index in [-0.39, 0.29) is 17.9 Å². The second-order valence-electron chi connectivity index (χ2n) is 9.11. The van der Waals surface area contributed by atoms with E-state index < -0.39 is 17.7 Å². The first-order chi connectivity index (χ1) is 17.2. The van der Waals surface area contributed by atoms with Gasteiger partial charge in [0.05, 0.1) is 32.4 Å². The van der Waals surface area contributed by atoms with Crippen molar-refractivity contribution in [1.29, 1.82) is 0 Å². The van der Waals surface area contributed by atoms with Crippen molar-refractivity contribution in [2.24, 2.45) is 5.92 Å². The first-order valence-electron chi connectivity index (χ1n) is 12.0. The summed E-state index contributed by atoms with van der Waals surface area (Å²) in [5.41, 5.74) is 1.78. The topological polar surface area (TPSA) is 94.5 Å². The van der Waals surface area contributed by atoms with Gasteiger partial charge in [-0.2, -0.15) is 0 Å². The number of aryl methyl sites for hydroxylation is 1. The number of carbonyl (C=O) groups excluding carboxylic acids is 2. The van der Waals surface area contributed by atoms with Gasteiger partial charge in [-0.05, 0) is 49.1 Å². The van der Waals surface area contributed by atoms with Gasteiger partial charge in [0, 0.05) is 31.4 Å². The Labute approximate surface area is 212 Å².